The maximum absolute atomic E-state index is 2.69. The van der Waals surface area contributed by atoms with Crippen LogP contribution in [0.4, 0.5) is 11.4 Å². The van der Waals surface area contributed by atoms with Crippen LogP contribution in [-0.4, -0.2) is 6.04 Å². The summed E-state index contributed by atoms with van der Waals surface area (Å²) >= 11 is 0. The van der Waals surface area contributed by atoms with Crippen molar-refractivity contribution < 1.29 is 0 Å². The zero-order valence-electron chi connectivity index (χ0n) is 33.4. The third kappa shape index (κ3) is 4.79. The molecule has 0 fully saturated rings. The number of fused-ring (bicyclic) bond motifs is 12. The van der Waals surface area contributed by atoms with E-state index in [2.05, 4.69) is 225 Å². The molecule has 0 heterocycles. The molecule has 0 aromatic heterocycles. The SMILES string of the molecule is CC1(C)C2=C(C=CC(N(c3cc(-c4ccccc4)cc(-c4ccccc4)c3)c3cccc4c3-c3ccccc3C43c4ccccc4-c4ccccc43)C2)c2ccccc21. The van der Waals surface area contributed by atoms with Crippen LogP contribution in [0.5, 0.6) is 0 Å². The Kier molecular flexibility index (Phi) is 7.38. The van der Waals surface area contributed by atoms with Gasteiger partial charge in [-0.15, -0.1) is 0 Å². The molecule has 0 saturated heterocycles. The van der Waals surface area contributed by atoms with Crippen molar-refractivity contribution in [2.45, 2.75) is 37.1 Å². The van der Waals surface area contributed by atoms with Crippen molar-refractivity contribution in [1.29, 1.82) is 0 Å². The van der Waals surface area contributed by atoms with E-state index in [0.717, 1.165) is 6.42 Å². The summed E-state index contributed by atoms with van der Waals surface area (Å²) in [5.74, 6) is 0. The van der Waals surface area contributed by atoms with Gasteiger partial charge in [0.1, 0.15) is 0 Å². The Morgan fingerprint density at radius 2 is 0.932 bits per heavy atom. The maximum atomic E-state index is 2.69. The monoisotopic (exact) mass is 753 g/mol. The Morgan fingerprint density at radius 1 is 0.441 bits per heavy atom. The van der Waals surface area contributed by atoms with Crippen molar-refractivity contribution in [1.82, 2.24) is 0 Å². The highest BCUT2D eigenvalue weighted by atomic mass is 15.2. The van der Waals surface area contributed by atoms with Crippen molar-refractivity contribution in [3.8, 4) is 44.5 Å². The van der Waals surface area contributed by atoms with Gasteiger partial charge in [-0.2, -0.15) is 0 Å². The summed E-state index contributed by atoms with van der Waals surface area (Å²) in [4.78, 5) is 2.69. The normalized spacial score (nSPS) is 16.9. The molecular formula is C58H43N. The molecule has 0 bridgehead atoms. The minimum Gasteiger partial charge on any atom is -0.334 e. The minimum atomic E-state index is -0.422. The average Bonchev–Trinajstić information content (AvgIpc) is 3.86. The maximum Gasteiger partial charge on any atom is 0.0726 e. The molecule has 1 spiro atoms. The summed E-state index contributed by atoms with van der Waals surface area (Å²) in [6.45, 7) is 4.85. The average molecular weight is 754 g/mol. The van der Waals surface area contributed by atoms with Crippen molar-refractivity contribution >= 4 is 16.9 Å². The fourth-order valence-corrected chi connectivity index (χ4v) is 11.3. The van der Waals surface area contributed by atoms with Gasteiger partial charge in [0.25, 0.3) is 0 Å². The van der Waals surface area contributed by atoms with Crippen LogP contribution in [0.3, 0.4) is 0 Å². The number of hydrogen-bond acceptors (Lipinski definition) is 1. The number of benzene rings is 8. The molecule has 8 aromatic carbocycles. The lowest BCUT2D eigenvalue weighted by atomic mass is 9.70. The molecular weight excluding hydrogens is 711 g/mol. The largest absolute Gasteiger partial charge is 0.334 e. The molecule has 0 radical (unpaired) electrons. The molecule has 0 saturated carbocycles. The molecule has 59 heavy (non-hydrogen) atoms. The molecule has 1 nitrogen and oxygen atoms in total. The predicted octanol–water partition coefficient (Wildman–Crippen LogP) is 14.6. The lowest BCUT2D eigenvalue weighted by molar-refractivity contribution is 0.585. The Labute approximate surface area is 347 Å². The highest BCUT2D eigenvalue weighted by molar-refractivity contribution is 6.00. The van der Waals surface area contributed by atoms with E-state index in [0.29, 0.717) is 0 Å². The summed E-state index contributed by atoms with van der Waals surface area (Å²) in [5.41, 5.74) is 23.2. The molecule has 1 heteroatoms. The Morgan fingerprint density at radius 3 is 1.54 bits per heavy atom. The number of hydrogen-bond donors (Lipinski definition) is 0. The van der Waals surface area contributed by atoms with Crippen LogP contribution in [0.15, 0.2) is 212 Å². The summed E-state index contributed by atoms with van der Waals surface area (Å²) in [5, 5.41) is 0. The molecule has 280 valence electrons. The second-order valence-electron chi connectivity index (χ2n) is 17.2. The first-order valence-corrected chi connectivity index (χ1v) is 21.0. The molecule has 4 aliphatic rings. The van der Waals surface area contributed by atoms with Gasteiger partial charge in [-0.05, 0) is 114 Å². The highest BCUT2D eigenvalue weighted by Crippen LogP contribution is 2.64. The molecule has 0 N–H and O–H groups in total. The third-order valence-corrected chi connectivity index (χ3v) is 13.9. The van der Waals surface area contributed by atoms with Gasteiger partial charge < -0.3 is 4.90 Å². The van der Waals surface area contributed by atoms with Crippen LogP contribution in [0.2, 0.25) is 0 Å². The highest BCUT2D eigenvalue weighted by Gasteiger charge is 2.52. The van der Waals surface area contributed by atoms with Crippen LogP contribution in [-0.2, 0) is 10.8 Å². The van der Waals surface area contributed by atoms with E-state index in [1.54, 1.807) is 0 Å². The van der Waals surface area contributed by atoms with Crippen molar-refractivity contribution in [3.05, 3.63) is 245 Å². The predicted molar refractivity (Wildman–Crippen MR) is 246 cm³/mol. The minimum absolute atomic E-state index is 0.0651. The van der Waals surface area contributed by atoms with Crippen LogP contribution in [0, 0.1) is 0 Å². The lowest BCUT2D eigenvalue weighted by Gasteiger charge is -2.38. The number of anilines is 2. The Hall–Kier alpha value is -6.96. The summed E-state index contributed by atoms with van der Waals surface area (Å²) in [6.07, 6.45) is 5.85. The van der Waals surface area contributed by atoms with Gasteiger partial charge >= 0.3 is 0 Å². The third-order valence-electron chi connectivity index (χ3n) is 13.9. The first kappa shape index (κ1) is 34.1. The van der Waals surface area contributed by atoms with E-state index in [1.165, 1.54) is 100 Å². The van der Waals surface area contributed by atoms with Crippen LogP contribution in [0.25, 0.3) is 50.1 Å². The van der Waals surface area contributed by atoms with Gasteiger partial charge in [-0.1, -0.05) is 196 Å². The molecule has 1 atom stereocenters. The van der Waals surface area contributed by atoms with Gasteiger partial charge in [-0.25, -0.2) is 0 Å². The second kappa shape index (κ2) is 12.8. The lowest BCUT2D eigenvalue weighted by Crippen LogP contribution is -2.34. The topological polar surface area (TPSA) is 3.24 Å². The quantitative estimate of drug-likeness (QED) is 0.169. The van der Waals surface area contributed by atoms with Crippen molar-refractivity contribution in [2.24, 2.45) is 0 Å². The van der Waals surface area contributed by atoms with Crippen LogP contribution in [0.1, 0.15) is 53.6 Å². The van der Waals surface area contributed by atoms with E-state index in [-0.39, 0.29) is 11.5 Å². The van der Waals surface area contributed by atoms with Crippen molar-refractivity contribution in [3.63, 3.8) is 0 Å². The standard InChI is InChI=1S/C58H43N/c1-57(2)49-26-13-9-22-44(49)47-33-32-42(37-54(47)57)59(43-35-40(38-18-5-3-6-19-38)34-41(36-43)39-20-7-4-8-21-39)55-31-17-30-53-56(55)48-25-12-16-29-52(48)58(53)50-27-14-10-23-45(50)46-24-11-15-28-51(46)58/h3-36,42H,37H2,1-2H3. The zero-order chi connectivity index (χ0) is 39.3. The Bertz CT molecular complexity index is 2950. The van der Waals surface area contributed by atoms with Crippen molar-refractivity contribution in [2.75, 3.05) is 4.90 Å². The number of nitrogens with zero attached hydrogens (tertiary/aromatic N) is 1. The second-order valence-corrected chi connectivity index (χ2v) is 17.2. The van der Waals surface area contributed by atoms with E-state index < -0.39 is 5.41 Å². The molecule has 0 aliphatic heterocycles. The van der Waals surface area contributed by atoms with Crippen LogP contribution < -0.4 is 4.90 Å². The van der Waals surface area contributed by atoms with E-state index in [1.807, 2.05) is 0 Å². The number of allylic oxidation sites excluding steroid dienone is 2. The summed E-state index contributed by atoms with van der Waals surface area (Å²) in [7, 11) is 0. The van der Waals surface area contributed by atoms with Gasteiger partial charge in [0.2, 0.25) is 0 Å². The van der Waals surface area contributed by atoms with E-state index in [4.69, 9.17) is 0 Å². The van der Waals surface area contributed by atoms with Gasteiger partial charge in [-0.3, -0.25) is 0 Å². The molecule has 0 amide bonds. The van der Waals surface area contributed by atoms with Gasteiger partial charge in [0, 0.05) is 22.4 Å². The smallest absolute Gasteiger partial charge is 0.0726 e. The summed E-state index contributed by atoms with van der Waals surface area (Å²) in [6, 6.07) is 72.7. The van der Waals surface area contributed by atoms with Crippen LogP contribution >= 0.6 is 0 Å². The molecule has 1 unspecified atom stereocenters. The molecule has 8 aromatic rings. The van der Waals surface area contributed by atoms with Gasteiger partial charge in [0.05, 0.1) is 11.5 Å². The first-order valence-electron chi connectivity index (χ1n) is 21.0. The molecule has 4 aliphatic carbocycles. The Balaban J connectivity index is 1.14. The number of rotatable bonds is 5. The fraction of sp³-hybridized carbons (Fsp3) is 0.103. The van der Waals surface area contributed by atoms with E-state index >= 15 is 0 Å². The first-order chi connectivity index (χ1) is 29.0. The fourth-order valence-electron chi connectivity index (χ4n) is 11.3. The van der Waals surface area contributed by atoms with E-state index in [9.17, 15) is 0 Å². The zero-order valence-corrected chi connectivity index (χ0v) is 33.4. The van der Waals surface area contributed by atoms with Gasteiger partial charge in [0.15, 0.2) is 0 Å². The molecule has 12 rings (SSSR count). The summed E-state index contributed by atoms with van der Waals surface area (Å²) < 4.78 is 0.